The number of hydrogen-bond acceptors (Lipinski definition) is 3. The quantitative estimate of drug-likeness (QED) is 0.682. The summed E-state index contributed by atoms with van der Waals surface area (Å²) in [6.45, 7) is 8.79. The summed E-state index contributed by atoms with van der Waals surface area (Å²) in [5.41, 5.74) is 0.681. The predicted octanol–water partition coefficient (Wildman–Crippen LogP) is 4.77. The minimum Gasteiger partial charge on any atom is -0.410 e. The molecule has 4 heteroatoms. The normalized spacial score (nSPS) is 31.1. The molecule has 1 fully saturated rings. The van der Waals surface area contributed by atoms with Crippen LogP contribution in [0.25, 0.3) is 0 Å². The lowest BCUT2D eigenvalue weighted by molar-refractivity contribution is -0.110. The SMILES string of the molecule is CC[Si](CC)(CC)O[C@H]1CCC[C@H](C#N)[C@]2(C)C=CC(=O)C=C12. The molecule has 0 heterocycles. The van der Waals surface area contributed by atoms with Crippen LogP contribution in [0.1, 0.15) is 47.0 Å². The molecule has 126 valence electrons. The second-order valence-corrected chi connectivity index (χ2v) is 11.8. The van der Waals surface area contributed by atoms with E-state index in [1.165, 1.54) is 0 Å². The van der Waals surface area contributed by atoms with Crippen LogP contribution in [-0.4, -0.2) is 20.2 Å². The average Bonchev–Trinajstić information content (AvgIpc) is 2.70. The summed E-state index contributed by atoms with van der Waals surface area (Å²) in [6.07, 6.45) is 8.11. The first kappa shape index (κ1) is 18.2. The molecule has 0 amide bonds. The van der Waals surface area contributed by atoms with E-state index in [0.717, 1.165) is 43.0 Å². The molecule has 0 aromatic carbocycles. The van der Waals surface area contributed by atoms with Gasteiger partial charge in [0.25, 0.3) is 0 Å². The fraction of sp³-hybridized carbons (Fsp3) is 0.684. The van der Waals surface area contributed by atoms with Crippen molar-refractivity contribution in [3.63, 3.8) is 0 Å². The number of rotatable bonds is 5. The van der Waals surface area contributed by atoms with Crippen LogP contribution < -0.4 is 0 Å². The third-order valence-electron chi connectivity index (χ3n) is 6.02. The van der Waals surface area contributed by atoms with Crippen molar-refractivity contribution < 1.29 is 9.22 Å². The van der Waals surface area contributed by atoms with E-state index in [4.69, 9.17) is 4.43 Å². The average molecular weight is 332 g/mol. The fourth-order valence-electron chi connectivity index (χ4n) is 4.05. The third kappa shape index (κ3) is 3.36. The summed E-state index contributed by atoms with van der Waals surface area (Å²) in [5, 5.41) is 9.62. The predicted molar refractivity (Wildman–Crippen MR) is 95.4 cm³/mol. The molecule has 0 spiro atoms. The Morgan fingerprint density at radius 2 is 1.96 bits per heavy atom. The smallest absolute Gasteiger partial charge is 0.192 e. The fourth-order valence-corrected chi connectivity index (χ4v) is 6.90. The van der Waals surface area contributed by atoms with Gasteiger partial charge in [-0.15, -0.1) is 0 Å². The van der Waals surface area contributed by atoms with Gasteiger partial charge in [-0.2, -0.15) is 5.26 Å². The molecule has 0 N–H and O–H groups in total. The number of nitrogens with zero attached hydrogens (tertiary/aromatic N) is 1. The Bertz CT molecular complexity index is 548. The molecule has 2 rings (SSSR count). The van der Waals surface area contributed by atoms with E-state index >= 15 is 0 Å². The van der Waals surface area contributed by atoms with Gasteiger partial charge in [0.1, 0.15) is 0 Å². The van der Waals surface area contributed by atoms with E-state index in [9.17, 15) is 10.1 Å². The maximum absolute atomic E-state index is 12.0. The molecular weight excluding hydrogens is 302 g/mol. The van der Waals surface area contributed by atoms with Crippen molar-refractivity contribution in [1.82, 2.24) is 0 Å². The topological polar surface area (TPSA) is 50.1 Å². The first-order valence-corrected chi connectivity index (χ1v) is 11.5. The maximum atomic E-state index is 12.0. The zero-order valence-electron chi connectivity index (χ0n) is 14.9. The van der Waals surface area contributed by atoms with Crippen LogP contribution in [-0.2, 0) is 9.22 Å². The van der Waals surface area contributed by atoms with Gasteiger partial charge in [0.2, 0.25) is 0 Å². The van der Waals surface area contributed by atoms with Crippen LogP contribution in [0.2, 0.25) is 18.1 Å². The summed E-state index contributed by atoms with van der Waals surface area (Å²) in [7, 11) is -1.75. The van der Waals surface area contributed by atoms with Gasteiger partial charge < -0.3 is 4.43 Å². The van der Waals surface area contributed by atoms with Gasteiger partial charge in [-0.05, 0) is 55.1 Å². The molecule has 0 unspecified atom stereocenters. The molecule has 1 saturated carbocycles. The van der Waals surface area contributed by atoms with Crippen molar-refractivity contribution in [2.45, 2.75) is 71.2 Å². The Kier molecular flexibility index (Phi) is 5.64. The lowest BCUT2D eigenvalue weighted by atomic mass is 9.68. The molecule has 0 radical (unpaired) electrons. The number of nitriles is 1. The summed E-state index contributed by atoms with van der Waals surface area (Å²) >= 11 is 0. The van der Waals surface area contributed by atoms with E-state index in [1.807, 2.05) is 6.08 Å². The zero-order valence-corrected chi connectivity index (χ0v) is 15.9. The van der Waals surface area contributed by atoms with Crippen molar-refractivity contribution in [2.75, 3.05) is 0 Å². The monoisotopic (exact) mass is 331 g/mol. The highest BCUT2D eigenvalue weighted by Crippen LogP contribution is 2.48. The lowest BCUT2D eigenvalue weighted by Crippen LogP contribution is -2.43. The van der Waals surface area contributed by atoms with E-state index in [2.05, 4.69) is 33.8 Å². The molecule has 2 aliphatic carbocycles. The largest absolute Gasteiger partial charge is 0.410 e. The molecule has 0 saturated heterocycles. The number of carbonyl (C=O) groups is 1. The molecule has 0 aliphatic heterocycles. The number of carbonyl (C=O) groups excluding carboxylic acids is 1. The minimum absolute atomic E-state index is 0.00114. The van der Waals surface area contributed by atoms with Crippen LogP contribution in [0.4, 0.5) is 0 Å². The van der Waals surface area contributed by atoms with Gasteiger partial charge in [-0.1, -0.05) is 33.8 Å². The van der Waals surface area contributed by atoms with Gasteiger partial charge in [-0.3, -0.25) is 4.79 Å². The molecule has 23 heavy (non-hydrogen) atoms. The first-order chi connectivity index (χ1) is 10.9. The Morgan fingerprint density at radius 1 is 1.30 bits per heavy atom. The van der Waals surface area contributed by atoms with Crippen LogP contribution in [0.3, 0.4) is 0 Å². The van der Waals surface area contributed by atoms with Crippen molar-refractivity contribution in [1.29, 1.82) is 5.26 Å². The van der Waals surface area contributed by atoms with Gasteiger partial charge >= 0.3 is 0 Å². The highest BCUT2D eigenvalue weighted by molar-refractivity contribution is 6.73. The molecule has 2 aliphatic rings. The highest BCUT2D eigenvalue weighted by atomic mass is 28.4. The molecule has 0 aromatic rings. The number of fused-ring (bicyclic) bond motifs is 1. The standard InChI is InChI=1S/C19H29NO2Si/c1-5-23(6-2,7-3)22-18-10-8-9-15(14-20)19(4)12-11-16(21)13-17(18)19/h11-13,15,18H,5-10H2,1-4H3/t15-,18+,19+/m1/s1. The van der Waals surface area contributed by atoms with Crippen molar-refractivity contribution in [3.05, 3.63) is 23.8 Å². The zero-order chi connectivity index (χ0) is 17.1. The van der Waals surface area contributed by atoms with Crippen molar-refractivity contribution >= 4 is 14.1 Å². The summed E-state index contributed by atoms with van der Waals surface area (Å²) in [6, 6.07) is 5.79. The Morgan fingerprint density at radius 3 is 2.52 bits per heavy atom. The molecule has 3 nitrogen and oxygen atoms in total. The minimum atomic E-state index is -1.75. The van der Waals surface area contributed by atoms with Crippen molar-refractivity contribution in [2.24, 2.45) is 11.3 Å². The molecule has 3 atom stereocenters. The Hall–Kier alpha value is -1.18. The number of ketones is 1. The van der Waals surface area contributed by atoms with E-state index < -0.39 is 8.32 Å². The van der Waals surface area contributed by atoms with E-state index in [1.54, 1.807) is 12.2 Å². The van der Waals surface area contributed by atoms with Crippen LogP contribution >= 0.6 is 0 Å². The number of hydrogen-bond donors (Lipinski definition) is 0. The third-order valence-corrected chi connectivity index (χ3v) is 10.7. The summed E-state index contributed by atoms with van der Waals surface area (Å²) in [5.74, 6) is -0.0472. The molecule has 0 aromatic heterocycles. The van der Waals surface area contributed by atoms with Gasteiger partial charge in [0.05, 0.1) is 18.1 Å². The van der Waals surface area contributed by atoms with Gasteiger partial charge in [0.15, 0.2) is 14.1 Å². The molecule has 0 bridgehead atoms. The van der Waals surface area contributed by atoms with Gasteiger partial charge in [-0.25, -0.2) is 0 Å². The number of allylic oxidation sites excluding steroid dienone is 3. The second kappa shape index (κ2) is 7.15. The van der Waals surface area contributed by atoms with Crippen LogP contribution in [0.5, 0.6) is 0 Å². The first-order valence-electron chi connectivity index (χ1n) is 8.97. The Labute approximate surface area is 141 Å². The van der Waals surface area contributed by atoms with E-state index in [-0.39, 0.29) is 23.2 Å². The van der Waals surface area contributed by atoms with Crippen LogP contribution in [0.15, 0.2) is 23.8 Å². The van der Waals surface area contributed by atoms with Crippen molar-refractivity contribution in [3.8, 4) is 6.07 Å². The highest BCUT2D eigenvalue weighted by Gasteiger charge is 2.45. The summed E-state index contributed by atoms with van der Waals surface area (Å²) in [4.78, 5) is 12.0. The van der Waals surface area contributed by atoms with Crippen LogP contribution in [0, 0.1) is 22.7 Å². The Balaban J connectivity index is 2.41. The lowest BCUT2D eigenvalue weighted by Gasteiger charge is -2.40. The molecular formula is C19H29NO2Si. The van der Waals surface area contributed by atoms with Gasteiger partial charge in [0, 0.05) is 5.41 Å². The van der Waals surface area contributed by atoms with E-state index in [0.29, 0.717) is 0 Å². The summed E-state index contributed by atoms with van der Waals surface area (Å²) < 4.78 is 6.76. The second-order valence-electron chi connectivity index (χ2n) is 7.08. The maximum Gasteiger partial charge on any atom is 0.192 e.